The maximum Gasteiger partial charge on any atom is 0.140 e. The van der Waals surface area contributed by atoms with Crippen molar-refractivity contribution in [3.8, 4) is 11.3 Å². The first-order chi connectivity index (χ1) is 10.6. The van der Waals surface area contributed by atoms with E-state index in [1.54, 1.807) is 25.1 Å². The highest BCUT2D eigenvalue weighted by molar-refractivity contribution is 5.59. The van der Waals surface area contributed by atoms with Crippen molar-refractivity contribution in [1.29, 1.82) is 0 Å². The van der Waals surface area contributed by atoms with Crippen LogP contribution >= 0.6 is 0 Å². The first-order valence-electron chi connectivity index (χ1n) is 6.80. The van der Waals surface area contributed by atoms with Gasteiger partial charge >= 0.3 is 0 Å². The van der Waals surface area contributed by atoms with Crippen LogP contribution in [0.4, 0.5) is 8.78 Å². The van der Waals surface area contributed by atoms with Gasteiger partial charge in [-0.05, 0) is 42.3 Å². The maximum atomic E-state index is 13.8. The number of halogens is 2. The number of aromatic amines is 1. The van der Waals surface area contributed by atoms with Crippen molar-refractivity contribution >= 4 is 0 Å². The number of imidazole rings is 1. The zero-order valence-electron chi connectivity index (χ0n) is 11.8. The summed E-state index contributed by atoms with van der Waals surface area (Å²) in [5.41, 5.74) is 2.03. The molecule has 2 aromatic carbocycles. The number of H-pyrrole nitrogens is 1. The van der Waals surface area contributed by atoms with Gasteiger partial charge in [0, 0.05) is 5.56 Å². The molecule has 0 aliphatic rings. The minimum atomic E-state index is -1.03. The normalized spacial score (nSPS) is 12.4. The lowest BCUT2D eigenvalue weighted by molar-refractivity contribution is 0.210. The Balaban J connectivity index is 1.95. The molecule has 0 spiro atoms. The smallest absolute Gasteiger partial charge is 0.140 e. The van der Waals surface area contributed by atoms with E-state index in [1.807, 2.05) is 0 Å². The molecule has 5 heteroatoms. The summed E-state index contributed by atoms with van der Waals surface area (Å²) in [5.74, 6) is -0.446. The highest BCUT2D eigenvalue weighted by Crippen LogP contribution is 2.26. The van der Waals surface area contributed by atoms with Gasteiger partial charge in [-0.3, -0.25) is 0 Å². The van der Waals surface area contributed by atoms with Crippen LogP contribution in [0.5, 0.6) is 0 Å². The topological polar surface area (TPSA) is 48.9 Å². The quantitative estimate of drug-likeness (QED) is 0.774. The first kappa shape index (κ1) is 14.4. The average molecular weight is 300 g/mol. The third-order valence-corrected chi connectivity index (χ3v) is 3.54. The highest BCUT2D eigenvalue weighted by atomic mass is 19.1. The van der Waals surface area contributed by atoms with E-state index in [0.717, 1.165) is 0 Å². The Labute approximate surface area is 126 Å². The number of aryl methyl sites for hydroxylation is 1. The molecular formula is C17H14F2N2O. The average Bonchev–Trinajstić information content (AvgIpc) is 2.97. The molecule has 112 valence electrons. The summed E-state index contributed by atoms with van der Waals surface area (Å²) in [6, 6.07) is 10.5. The van der Waals surface area contributed by atoms with Gasteiger partial charge in [0.05, 0.1) is 11.9 Å². The number of rotatable bonds is 3. The largest absolute Gasteiger partial charge is 0.380 e. The van der Waals surface area contributed by atoms with Crippen molar-refractivity contribution in [1.82, 2.24) is 9.97 Å². The summed E-state index contributed by atoms with van der Waals surface area (Å²) in [7, 11) is 0. The zero-order valence-corrected chi connectivity index (χ0v) is 11.8. The van der Waals surface area contributed by atoms with E-state index in [1.165, 1.54) is 30.5 Å². The van der Waals surface area contributed by atoms with Gasteiger partial charge in [-0.25, -0.2) is 13.8 Å². The SMILES string of the molecule is Cc1cc(F)ccc1C(O)c1ncc(-c2ccccc2F)[nH]1. The molecule has 1 atom stereocenters. The summed E-state index contributed by atoms with van der Waals surface area (Å²) >= 11 is 0. The monoisotopic (exact) mass is 300 g/mol. The molecule has 2 N–H and O–H groups in total. The molecule has 0 aliphatic heterocycles. The summed E-state index contributed by atoms with van der Waals surface area (Å²) < 4.78 is 26.9. The standard InChI is InChI=1S/C17H14F2N2O/c1-10-8-11(18)6-7-12(10)16(22)17-20-9-15(21-17)13-4-2-3-5-14(13)19/h2-9,16,22H,1H3,(H,20,21). The molecule has 0 fully saturated rings. The number of nitrogens with zero attached hydrogens (tertiary/aromatic N) is 1. The molecule has 0 bridgehead atoms. The third-order valence-electron chi connectivity index (χ3n) is 3.54. The molecule has 1 aromatic heterocycles. The van der Waals surface area contributed by atoms with E-state index >= 15 is 0 Å². The van der Waals surface area contributed by atoms with Crippen molar-refractivity contribution < 1.29 is 13.9 Å². The second kappa shape index (κ2) is 5.69. The van der Waals surface area contributed by atoms with E-state index < -0.39 is 6.10 Å². The zero-order chi connectivity index (χ0) is 15.7. The van der Waals surface area contributed by atoms with Crippen LogP contribution in [0.15, 0.2) is 48.7 Å². The number of aromatic nitrogens is 2. The van der Waals surface area contributed by atoms with Gasteiger partial charge < -0.3 is 10.1 Å². The molecule has 0 aliphatic carbocycles. The second-order valence-electron chi connectivity index (χ2n) is 5.07. The fourth-order valence-electron chi connectivity index (χ4n) is 2.39. The van der Waals surface area contributed by atoms with Crippen molar-refractivity contribution in [3.63, 3.8) is 0 Å². The van der Waals surface area contributed by atoms with Crippen LogP contribution < -0.4 is 0 Å². The Morgan fingerprint density at radius 2 is 1.91 bits per heavy atom. The van der Waals surface area contributed by atoms with Crippen LogP contribution in [0.2, 0.25) is 0 Å². The fraction of sp³-hybridized carbons (Fsp3) is 0.118. The minimum absolute atomic E-state index is 0.285. The lowest BCUT2D eigenvalue weighted by Crippen LogP contribution is -2.04. The summed E-state index contributed by atoms with van der Waals surface area (Å²) in [5, 5.41) is 10.4. The van der Waals surface area contributed by atoms with Crippen LogP contribution in [0.1, 0.15) is 23.1 Å². The molecule has 3 rings (SSSR count). The predicted molar refractivity (Wildman–Crippen MR) is 79.2 cm³/mol. The van der Waals surface area contributed by atoms with Crippen molar-refractivity contribution in [3.05, 3.63) is 77.2 Å². The number of hydrogen-bond acceptors (Lipinski definition) is 2. The fourth-order valence-corrected chi connectivity index (χ4v) is 2.39. The van der Waals surface area contributed by atoms with Crippen LogP contribution in [0.3, 0.4) is 0 Å². The van der Waals surface area contributed by atoms with E-state index in [0.29, 0.717) is 22.4 Å². The Bertz CT molecular complexity index is 814. The van der Waals surface area contributed by atoms with Gasteiger partial charge in [0.15, 0.2) is 0 Å². The van der Waals surface area contributed by atoms with E-state index in [9.17, 15) is 13.9 Å². The Morgan fingerprint density at radius 1 is 1.14 bits per heavy atom. The van der Waals surface area contributed by atoms with Crippen LogP contribution in [-0.4, -0.2) is 15.1 Å². The number of aliphatic hydroxyl groups is 1. The molecule has 1 heterocycles. The predicted octanol–water partition coefficient (Wildman–Crippen LogP) is 3.75. The van der Waals surface area contributed by atoms with Crippen molar-refractivity contribution in [2.45, 2.75) is 13.0 Å². The number of aliphatic hydroxyl groups excluding tert-OH is 1. The van der Waals surface area contributed by atoms with Gasteiger partial charge in [-0.2, -0.15) is 0 Å². The molecular weight excluding hydrogens is 286 g/mol. The Hall–Kier alpha value is -2.53. The van der Waals surface area contributed by atoms with Crippen molar-refractivity contribution in [2.75, 3.05) is 0 Å². The highest BCUT2D eigenvalue weighted by Gasteiger charge is 2.17. The molecule has 0 saturated carbocycles. The lowest BCUT2D eigenvalue weighted by Gasteiger charge is -2.11. The van der Waals surface area contributed by atoms with E-state index in [4.69, 9.17) is 0 Å². The van der Waals surface area contributed by atoms with E-state index in [2.05, 4.69) is 9.97 Å². The molecule has 22 heavy (non-hydrogen) atoms. The third kappa shape index (κ3) is 2.63. The van der Waals surface area contributed by atoms with Gasteiger partial charge in [0.1, 0.15) is 23.6 Å². The second-order valence-corrected chi connectivity index (χ2v) is 5.07. The molecule has 0 radical (unpaired) electrons. The Morgan fingerprint density at radius 3 is 2.64 bits per heavy atom. The number of hydrogen-bond donors (Lipinski definition) is 2. The molecule has 3 aromatic rings. The lowest BCUT2D eigenvalue weighted by atomic mass is 10.0. The number of benzene rings is 2. The van der Waals surface area contributed by atoms with Crippen LogP contribution in [0.25, 0.3) is 11.3 Å². The van der Waals surface area contributed by atoms with Gasteiger partial charge in [0.2, 0.25) is 0 Å². The van der Waals surface area contributed by atoms with Crippen molar-refractivity contribution in [2.24, 2.45) is 0 Å². The summed E-state index contributed by atoms with van der Waals surface area (Å²) in [6.07, 6.45) is 0.441. The Kier molecular flexibility index (Phi) is 3.73. The summed E-state index contributed by atoms with van der Waals surface area (Å²) in [4.78, 5) is 7.02. The van der Waals surface area contributed by atoms with Crippen LogP contribution in [0, 0.1) is 18.6 Å². The minimum Gasteiger partial charge on any atom is -0.380 e. The van der Waals surface area contributed by atoms with Gasteiger partial charge in [0.25, 0.3) is 0 Å². The first-order valence-corrected chi connectivity index (χ1v) is 6.80. The summed E-state index contributed by atoms with van der Waals surface area (Å²) in [6.45, 7) is 1.71. The number of nitrogens with one attached hydrogen (secondary N) is 1. The molecule has 0 amide bonds. The van der Waals surface area contributed by atoms with Gasteiger partial charge in [-0.15, -0.1) is 0 Å². The molecule has 3 nitrogen and oxygen atoms in total. The van der Waals surface area contributed by atoms with Gasteiger partial charge in [-0.1, -0.05) is 18.2 Å². The molecule has 0 saturated heterocycles. The van der Waals surface area contributed by atoms with E-state index in [-0.39, 0.29) is 17.5 Å². The molecule has 1 unspecified atom stereocenters. The maximum absolute atomic E-state index is 13.8. The van der Waals surface area contributed by atoms with Crippen LogP contribution in [-0.2, 0) is 0 Å².